The van der Waals surface area contributed by atoms with Gasteiger partial charge >= 0.3 is 0 Å². The molecule has 6 N–H and O–H groups in total. The van der Waals surface area contributed by atoms with Crippen molar-refractivity contribution in [2.24, 2.45) is 5.92 Å². The predicted octanol–water partition coefficient (Wildman–Crippen LogP) is 5.92. The number of unbranched alkanes of at least 4 members (excludes halogenated alkanes) is 16. The summed E-state index contributed by atoms with van der Waals surface area (Å²) in [5.41, 5.74) is 8.81. The predicted molar refractivity (Wildman–Crippen MR) is 266 cm³/mol. The van der Waals surface area contributed by atoms with Crippen LogP contribution in [0.25, 0.3) is 0 Å². The van der Waals surface area contributed by atoms with Crippen molar-refractivity contribution >= 4 is 35.2 Å². The Hall–Kier alpha value is -3.81. The van der Waals surface area contributed by atoms with Gasteiger partial charge in [-0.15, -0.1) is 0 Å². The maximum absolute atomic E-state index is 12.5. The zero-order valence-corrected chi connectivity index (χ0v) is 42.6. The van der Waals surface area contributed by atoms with Crippen molar-refractivity contribution in [3.8, 4) is 0 Å². The van der Waals surface area contributed by atoms with E-state index in [2.05, 4.69) is 38.2 Å². The average Bonchev–Trinajstić information content (AvgIpc) is 3.85. The number of hydrogen-bond donors (Lipinski definition) is 5. The lowest BCUT2D eigenvalue weighted by Gasteiger charge is -2.15. The minimum Gasteiger partial charge on any atom is -0.380 e. The maximum Gasteiger partial charge on any atom is 0.246 e. The topological polar surface area (TPSA) is 249 Å². The second-order valence-electron chi connectivity index (χ2n) is 17.8. The number of ketones is 2. The molecular formula is C51H92N7O11. The molecule has 18 heteroatoms. The first-order valence-corrected chi connectivity index (χ1v) is 26.3. The summed E-state index contributed by atoms with van der Waals surface area (Å²) < 4.78 is 27.2. The zero-order valence-electron chi connectivity index (χ0n) is 42.6. The highest BCUT2D eigenvalue weighted by Crippen LogP contribution is 2.17. The molecule has 18 nitrogen and oxygen atoms in total. The van der Waals surface area contributed by atoms with Crippen molar-refractivity contribution < 1.29 is 52.5 Å². The Morgan fingerprint density at radius 2 is 0.986 bits per heavy atom. The van der Waals surface area contributed by atoms with Gasteiger partial charge in [0.25, 0.3) is 0 Å². The SMILES string of the molecule is CCCCCCCCCCCCCCCCCC(=O)NCCOCCOCC(=O)NCCOCCCCC(=O)NCCOCCOCC(=O)NCCCC[C@H](CC(=O)[C@@H]([NH])Cc1cnc[nH]1)C(C)=O. The third-order valence-electron chi connectivity index (χ3n) is 11.6. The number of nitrogens with zero attached hydrogens (tertiary/aromatic N) is 1. The lowest BCUT2D eigenvalue weighted by atomic mass is 9.90. The smallest absolute Gasteiger partial charge is 0.246 e. The Balaban J connectivity index is 1.81. The normalized spacial score (nSPS) is 12.1. The van der Waals surface area contributed by atoms with Crippen LogP contribution in [0.15, 0.2) is 12.5 Å². The number of nitrogens with one attached hydrogen (secondary N) is 6. The molecule has 0 fully saturated rings. The fourth-order valence-corrected chi connectivity index (χ4v) is 7.39. The van der Waals surface area contributed by atoms with Crippen LogP contribution in [0.3, 0.4) is 0 Å². The van der Waals surface area contributed by atoms with Crippen LogP contribution in [0, 0.1) is 5.92 Å². The molecule has 1 aromatic heterocycles. The van der Waals surface area contributed by atoms with Crippen molar-refractivity contribution in [1.29, 1.82) is 0 Å². The molecule has 0 aliphatic carbocycles. The monoisotopic (exact) mass is 979 g/mol. The second-order valence-corrected chi connectivity index (χ2v) is 17.8. The first-order valence-electron chi connectivity index (χ1n) is 26.3. The van der Waals surface area contributed by atoms with Crippen molar-refractivity contribution in [2.45, 2.75) is 174 Å². The summed E-state index contributed by atoms with van der Waals surface area (Å²) in [5, 5.41) is 11.2. The molecule has 0 saturated carbocycles. The Bertz CT molecular complexity index is 1440. The lowest BCUT2D eigenvalue weighted by Crippen LogP contribution is -2.31. The highest BCUT2D eigenvalue weighted by atomic mass is 16.5. The molecule has 2 atom stereocenters. The number of aromatic amines is 1. The van der Waals surface area contributed by atoms with Crippen LogP contribution in [0.2, 0.25) is 0 Å². The van der Waals surface area contributed by atoms with Gasteiger partial charge in [-0.05, 0) is 39.0 Å². The van der Waals surface area contributed by atoms with Gasteiger partial charge in [0.2, 0.25) is 23.6 Å². The van der Waals surface area contributed by atoms with Crippen LogP contribution in [0.5, 0.6) is 0 Å². The Kier molecular flexibility index (Phi) is 42.7. The van der Waals surface area contributed by atoms with E-state index >= 15 is 0 Å². The number of carbonyl (C=O) groups excluding carboxylic acids is 6. The molecule has 4 amide bonds. The van der Waals surface area contributed by atoms with E-state index in [1.54, 1.807) is 6.20 Å². The van der Waals surface area contributed by atoms with Gasteiger partial charge in [0.1, 0.15) is 19.0 Å². The van der Waals surface area contributed by atoms with E-state index in [0.29, 0.717) is 110 Å². The van der Waals surface area contributed by atoms with E-state index in [9.17, 15) is 28.8 Å². The first kappa shape index (κ1) is 63.2. The van der Waals surface area contributed by atoms with Crippen LogP contribution in [-0.4, -0.2) is 143 Å². The molecule has 0 aromatic carbocycles. The highest BCUT2D eigenvalue weighted by Gasteiger charge is 2.23. The van der Waals surface area contributed by atoms with Gasteiger partial charge in [0.05, 0.1) is 58.6 Å². The molecule has 0 bridgehead atoms. The minimum absolute atomic E-state index is 0.0382. The number of aromatic nitrogens is 2. The van der Waals surface area contributed by atoms with Crippen LogP contribution in [0.4, 0.5) is 0 Å². The zero-order chi connectivity index (χ0) is 50.3. The van der Waals surface area contributed by atoms with Crippen molar-refractivity contribution in [3.05, 3.63) is 18.2 Å². The van der Waals surface area contributed by atoms with Crippen LogP contribution in [-0.2, 0) is 58.9 Å². The molecule has 1 heterocycles. The van der Waals surface area contributed by atoms with Gasteiger partial charge in [-0.3, -0.25) is 28.8 Å². The number of H-pyrrole nitrogens is 1. The standard InChI is InChI=1S/C51H92N7O11/c1-3-4-5-6-7-8-9-10-11-12-13-14-15-16-17-23-48(61)55-26-31-66-34-36-69-41-51(64)57-28-30-65-29-21-19-24-49(62)56-27-32-67-33-35-68-40-50(63)54-25-20-18-22-44(43(2)59)37-47(60)46(52)38-45-39-53-42-58-45/h39,42,44,46,52H,3-38,40-41H2,1-2H3,(H,53,58)(H,54,63)(H,55,61)(H,56,62)(H,57,64)/t44-,46+/m1/s1. The molecule has 0 aliphatic rings. The van der Waals surface area contributed by atoms with Gasteiger partial charge in [0, 0.05) is 76.3 Å². The molecule has 1 aromatic rings. The molecule has 0 aliphatic heterocycles. The summed E-state index contributed by atoms with van der Waals surface area (Å²) in [7, 11) is 0. The van der Waals surface area contributed by atoms with Crippen molar-refractivity contribution in [1.82, 2.24) is 37.0 Å². The van der Waals surface area contributed by atoms with Gasteiger partial charge in [-0.25, -0.2) is 10.7 Å². The van der Waals surface area contributed by atoms with Gasteiger partial charge in [-0.2, -0.15) is 0 Å². The Morgan fingerprint density at radius 3 is 1.48 bits per heavy atom. The number of imidazole rings is 1. The first-order chi connectivity index (χ1) is 33.6. The summed E-state index contributed by atoms with van der Waals surface area (Å²) >= 11 is 0. The number of rotatable bonds is 51. The number of Topliss-reactive ketones (excluding diaryl/α,β-unsaturated/α-hetero) is 2. The molecule has 69 heavy (non-hydrogen) atoms. The number of carbonyl (C=O) groups is 6. The lowest BCUT2D eigenvalue weighted by molar-refractivity contribution is -0.127. The molecule has 1 rings (SSSR count). The fraction of sp³-hybridized carbons (Fsp3) is 0.824. The van der Waals surface area contributed by atoms with Crippen LogP contribution < -0.4 is 27.0 Å². The van der Waals surface area contributed by atoms with Crippen molar-refractivity contribution in [2.75, 3.05) is 92.2 Å². The van der Waals surface area contributed by atoms with E-state index in [1.165, 1.54) is 96.7 Å². The van der Waals surface area contributed by atoms with E-state index < -0.39 is 12.0 Å². The average molecular weight is 979 g/mol. The third-order valence-corrected chi connectivity index (χ3v) is 11.6. The summed E-state index contributed by atoms with van der Waals surface area (Å²) in [5.74, 6) is -1.30. The summed E-state index contributed by atoms with van der Waals surface area (Å²) in [4.78, 5) is 79.5. The summed E-state index contributed by atoms with van der Waals surface area (Å²) in [6.45, 7) is 7.81. The molecule has 0 unspecified atom stereocenters. The van der Waals surface area contributed by atoms with Crippen LogP contribution >= 0.6 is 0 Å². The van der Waals surface area contributed by atoms with Gasteiger partial charge in [0.15, 0.2) is 5.78 Å². The van der Waals surface area contributed by atoms with Crippen LogP contribution in [0.1, 0.15) is 167 Å². The van der Waals surface area contributed by atoms with E-state index in [-0.39, 0.29) is 81.1 Å². The summed E-state index contributed by atoms with van der Waals surface area (Å²) in [6, 6.07) is -0.947. The number of amides is 4. The largest absolute Gasteiger partial charge is 0.380 e. The Labute approximate surface area is 413 Å². The van der Waals surface area contributed by atoms with Gasteiger partial charge in [-0.1, -0.05) is 103 Å². The Morgan fingerprint density at radius 1 is 0.536 bits per heavy atom. The highest BCUT2D eigenvalue weighted by molar-refractivity contribution is 5.89. The molecule has 0 saturated heterocycles. The number of hydrogen-bond acceptors (Lipinski definition) is 12. The minimum atomic E-state index is -0.947. The van der Waals surface area contributed by atoms with Crippen molar-refractivity contribution in [3.63, 3.8) is 0 Å². The van der Waals surface area contributed by atoms with Gasteiger partial charge < -0.3 is 49.9 Å². The molecule has 397 valence electrons. The third kappa shape index (κ3) is 41.7. The summed E-state index contributed by atoms with van der Waals surface area (Å²) in [6.07, 6.45) is 27.0. The molecule has 0 spiro atoms. The van der Waals surface area contributed by atoms with E-state index in [1.807, 2.05) is 0 Å². The molecule has 1 radical (unpaired) electrons. The van der Waals surface area contributed by atoms with E-state index in [4.69, 9.17) is 29.4 Å². The van der Waals surface area contributed by atoms with E-state index in [0.717, 1.165) is 12.8 Å². The quantitative estimate of drug-likeness (QED) is 0.0478. The molecular weight excluding hydrogens is 887 g/mol. The maximum atomic E-state index is 12.5. The fourth-order valence-electron chi connectivity index (χ4n) is 7.39. The second kappa shape index (κ2) is 46.6. The number of ether oxygens (including phenoxy) is 5.